The van der Waals surface area contributed by atoms with Gasteiger partial charge in [-0.15, -0.1) is 0 Å². The SMILES string of the molecule is CNC(=O)Cc1ccc(NC(=O)C2CC2C)cc1. The number of hydrogen-bond donors (Lipinski definition) is 2. The summed E-state index contributed by atoms with van der Waals surface area (Å²) in [6.07, 6.45) is 1.35. The van der Waals surface area contributed by atoms with Crippen LogP contribution in [0.3, 0.4) is 0 Å². The van der Waals surface area contributed by atoms with E-state index in [0.29, 0.717) is 12.3 Å². The van der Waals surface area contributed by atoms with Gasteiger partial charge >= 0.3 is 0 Å². The van der Waals surface area contributed by atoms with Crippen LogP contribution in [0.4, 0.5) is 5.69 Å². The van der Waals surface area contributed by atoms with Crippen molar-refractivity contribution in [1.29, 1.82) is 0 Å². The number of likely N-dealkylation sites (N-methyl/N-ethyl adjacent to an activating group) is 1. The lowest BCUT2D eigenvalue weighted by molar-refractivity contribution is -0.120. The molecule has 2 unspecified atom stereocenters. The van der Waals surface area contributed by atoms with Gasteiger partial charge in [-0.3, -0.25) is 9.59 Å². The highest BCUT2D eigenvalue weighted by Gasteiger charge is 2.38. The number of anilines is 1. The Balaban J connectivity index is 1.91. The number of nitrogens with one attached hydrogen (secondary N) is 2. The summed E-state index contributed by atoms with van der Waals surface area (Å²) in [5, 5.41) is 5.47. The van der Waals surface area contributed by atoms with Crippen molar-refractivity contribution in [2.45, 2.75) is 19.8 Å². The van der Waals surface area contributed by atoms with E-state index in [1.807, 2.05) is 24.3 Å². The molecule has 0 aromatic heterocycles. The fourth-order valence-corrected chi connectivity index (χ4v) is 1.90. The first-order valence-electron chi connectivity index (χ1n) is 6.20. The molecule has 4 nitrogen and oxygen atoms in total. The Kier molecular flexibility index (Phi) is 3.65. The summed E-state index contributed by atoms with van der Waals surface area (Å²) in [5.41, 5.74) is 1.73. The molecule has 0 radical (unpaired) electrons. The number of benzene rings is 1. The third-order valence-corrected chi connectivity index (χ3v) is 3.31. The Morgan fingerprint density at radius 1 is 1.28 bits per heavy atom. The molecule has 4 heteroatoms. The maximum atomic E-state index is 11.7. The fraction of sp³-hybridized carbons (Fsp3) is 0.429. The lowest BCUT2D eigenvalue weighted by atomic mass is 10.1. The average Bonchev–Trinajstić information content (AvgIpc) is 3.09. The van der Waals surface area contributed by atoms with Gasteiger partial charge in [-0.1, -0.05) is 19.1 Å². The summed E-state index contributed by atoms with van der Waals surface area (Å²) >= 11 is 0. The second kappa shape index (κ2) is 5.21. The predicted octanol–water partition coefficient (Wildman–Crippen LogP) is 1.57. The van der Waals surface area contributed by atoms with E-state index in [-0.39, 0.29) is 17.7 Å². The molecule has 2 N–H and O–H groups in total. The number of amides is 2. The lowest BCUT2D eigenvalue weighted by Gasteiger charge is -2.06. The topological polar surface area (TPSA) is 58.2 Å². The van der Waals surface area contributed by atoms with Gasteiger partial charge in [-0.25, -0.2) is 0 Å². The number of carbonyl (C=O) groups is 2. The Morgan fingerprint density at radius 2 is 1.89 bits per heavy atom. The molecule has 96 valence electrons. The van der Waals surface area contributed by atoms with Gasteiger partial charge in [0.15, 0.2) is 0 Å². The summed E-state index contributed by atoms with van der Waals surface area (Å²) in [4.78, 5) is 22.9. The molecule has 1 aromatic rings. The van der Waals surface area contributed by atoms with Crippen molar-refractivity contribution in [1.82, 2.24) is 5.32 Å². The third-order valence-electron chi connectivity index (χ3n) is 3.31. The molecule has 1 aliphatic carbocycles. The molecular formula is C14H18N2O2. The van der Waals surface area contributed by atoms with Crippen molar-refractivity contribution < 1.29 is 9.59 Å². The van der Waals surface area contributed by atoms with E-state index in [2.05, 4.69) is 17.6 Å². The van der Waals surface area contributed by atoms with E-state index >= 15 is 0 Å². The van der Waals surface area contributed by atoms with Crippen LogP contribution in [0.1, 0.15) is 18.9 Å². The monoisotopic (exact) mass is 246 g/mol. The lowest BCUT2D eigenvalue weighted by Crippen LogP contribution is -2.20. The molecular weight excluding hydrogens is 228 g/mol. The van der Waals surface area contributed by atoms with Crippen LogP contribution in [-0.4, -0.2) is 18.9 Å². The van der Waals surface area contributed by atoms with Crippen LogP contribution in [0.15, 0.2) is 24.3 Å². The molecule has 2 rings (SSSR count). The van der Waals surface area contributed by atoms with Crippen molar-refractivity contribution in [2.75, 3.05) is 12.4 Å². The molecule has 1 aliphatic rings. The van der Waals surface area contributed by atoms with Crippen LogP contribution < -0.4 is 10.6 Å². The average molecular weight is 246 g/mol. The van der Waals surface area contributed by atoms with Crippen LogP contribution in [0.25, 0.3) is 0 Å². The van der Waals surface area contributed by atoms with Gasteiger partial charge in [0.25, 0.3) is 0 Å². The normalized spacial score (nSPS) is 21.2. The van der Waals surface area contributed by atoms with E-state index in [1.165, 1.54) is 0 Å². The Bertz CT molecular complexity index is 453. The first kappa shape index (κ1) is 12.6. The summed E-state index contributed by atoms with van der Waals surface area (Å²) in [6, 6.07) is 7.40. The van der Waals surface area contributed by atoms with E-state index in [9.17, 15) is 9.59 Å². The highest BCUT2D eigenvalue weighted by molar-refractivity contribution is 5.94. The van der Waals surface area contributed by atoms with Crippen molar-refractivity contribution in [3.05, 3.63) is 29.8 Å². The maximum Gasteiger partial charge on any atom is 0.227 e. The van der Waals surface area contributed by atoms with Crippen LogP contribution >= 0.6 is 0 Å². The zero-order valence-electron chi connectivity index (χ0n) is 10.7. The van der Waals surface area contributed by atoms with Gasteiger partial charge in [-0.2, -0.15) is 0 Å². The Labute approximate surface area is 107 Å². The van der Waals surface area contributed by atoms with Gasteiger partial charge in [0.05, 0.1) is 6.42 Å². The van der Waals surface area contributed by atoms with Crippen LogP contribution in [-0.2, 0) is 16.0 Å². The van der Waals surface area contributed by atoms with Crippen molar-refractivity contribution in [2.24, 2.45) is 11.8 Å². The molecule has 0 bridgehead atoms. The smallest absolute Gasteiger partial charge is 0.227 e. The molecule has 1 fully saturated rings. The van der Waals surface area contributed by atoms with Crippen molar-refractivity contribution >= 4 is 17.5 Å². The molecule has 1 aromatic carbocycles. The second-order valence-corrected chi connectivity index (χ2v) is 4.86. The van der Waals surface area contributed by atoms with E-state index in [0.717, 1.165) is 17.7 Å². The summed E-state index contributed by atoms with van der Waals surface area (Å²) in [7, 11) is 1.62. The highest BCUT2D eigenvalue weighted by Crippen LogP contribution is 2.38. The van der Waals surface area contributed by atoms with E-state index in [1.54, 1.807) is 7.05 Å². The zero-order chi connectivity index (χ0) is 13.1. The van der Waals surface area contributed by atoms with Gasteiger partial charge in [0.1, 0.15) is 0 Å². The van der Waals surface area contributed by atoms with Gasteiger partial charge in [0.2, 0.25) is 11.8 Å². The first-order chi connectivity index (χ1) is 8.60. The molecule has 1 saturated carbocycles. The summed E-state index contributed by atoms with van der Waals surface area (Å²) < 4.78 is 0. The zero-order valence-corrected chi connectivity index (χ0v) is 10.7. The van der Waals surface area contributed by atoms with Gasteiger partial charge < -0.3 is 10.6 Å². The third kappa shape index (κ3) is 3.09. The largest absolute Gasteiger partial charge is 0.359 e. The predicted molar refractivity (Wildman–Crippen MR) is 70.1 cm³/mol. The van der Waals surface area contributed by atoms with E-state index < -0.39 is 0 Å². The number of rotatable bonds is 4. The Hall–Kier alpha value is -1.84. The minimum absolute atomic E-state index is 0.0152. The minimum atomic E-state index is -0.0152. The first-order valence-corrected chi connectivity index (χ1v) is 6.20. The molecule has 2 atom stereocenters. The quantitative estimate of drug-likeness (QED) is 0.847. The standard InChI is InChI=1S/C14H18N2O2/c1-9-7-12(9)14(18)16-11-5-3-10(4-6-11)8-13(17)15-2/h3-6,9,12H,7-8H2,1-2H3,(H,15,17)(H,16,18). The minimum Gasteiger partial charge on any atom is -0.359 e. The maximum absolute atomic E-state index is 11.7. The summed E-state index contributed by atoms with van der Waals surface area (Å²) in [6.45, 7) is 2.08. The number of carbonyl (C=O) groups excluding carboxylic acids is 2. The van der Waals surface area contributed by atoms with Crippen LogP contribution in [0.5, 0.6) is 0 Å². The van der Waals surface area contributed by atoms with E-state index in [4.69, 9.17) is 0 Å². The van der Waals surface area contributed by atoms with Crippen LogP contribution in [0.2, 0.25) is 0 Å². The molecule has 2 amide bonds. The van der Waals surface area contributed by atoms with Gasteiger partial charge in [0, 0.05) is 18.7 Å². The molecule has 18 heavy (non-hydrogen) atoms. The van der Waals surface area contributed by atoms with Crippen molar-refractivity contribution in [3.63, 3.8) is 0 Å². The molecule has 0 saturated heterocycles. The fourth-order valence-electron chi connectivity index (χ4n) is 1.90. The van der Waals surface area contributed by atoms with Crippen LogP contribution in [0, 0.1) is 11.8 Å². The second-order valence-electron chi connectivity index (χ2n) is 4.86. The molecule has 0 spiro atoms. The summed E-state index contributed by atoms with van der Waals surface area (Å²) in [5.74, 6) is 0.771. The van der Waals surface area contributed by atoms with Crippen molar-refractivity contribution in [3.8, 4) is 0 Å². The molecule has 0 heterocycles. The number of hydrogen-bond acceptors (Lipinski definition) is 2. The Morgan fingerprint density at radius 3 is 2.39 bits per heavy atom. The highest BCUT2D eigenvalue weighted by atomic mass is 16.2. The van der Waals surface area contributed by atoms with Gasteiger partial charge in [-0.05, 0) is 30.0 Å². The molecule has 0 aliphatic heterocycles.